The molecule has 2 heterocycles. The van der Waals surface area contributed by atoms with Gasteiger partial charge in [0.1, 0.15) is 5.82 Å². The summed E-state index contributed by atoms with van der Waals surface area (Å²) in [5, 5.41) is 3.37. The summed E-state index contributed by atoms with van der Waals surface area (Å²) in [6.45, 7) is 7.08. The molecule has 3 rings (SSSR count). The van der Waals surface area contributed by atoms with E-state index in [4.69, 9.17) is 0 Å². The van der Waals surface area contributed by atoms with E-state index in [9.17, 15) is 9.18 Å². The zero-order valence-electron chi connectivity index (χ0n) is 12.4. The van der Waals surface area contributed by atoms with E-state index in [-0.39, 0.29) is 11.5 Å². The van der Waals surface area contributed by atoms with Crippen molar-refractivity contribution in [3.05, 3.63) is 35.1 Å². The van der Waals surface area contributed by atoms with Crippen LogP contribution in [0.5, 0.6) is 0 Å². The minimum atomic E-state index is -0.414. The van der Waals surface area contributed by atoms with Crippen LogP contribution in [-0.4, -0.2) is 61.0 Å². The Balaban J connectivity index is 1.62. The summed E-state index contributed by atoms with van der Waals surface area (Å²) in [5.74, 6) is -0.598. The van der Waals surface area contributed by atoms with Crippen LogP contribution in [0.2, 0.25) is 0 Å². The van der Waals surface area contributed by atoms with Crippen LogP contribution in [0.15, 0.2) is 18.2 Å². The van der Waals surface area contributed by atoms with E-state index in [0.717, 1.165) is 31.7 Å². The van der Waals surface area contributed by atoms with Gasteiger partial charge in [0.2, 0.25) is 0 Å². The molecule has 0 saturated carbocycles. The van der Waals surface area contributed by atoms with E-state index in [0.29, 0.717) is 19.1 Å². The summed E-state index contributed by atoms with van der Waals surface area (Å²) in [4.78, 5) is 16.6. The highest BCUT2D eigenvalue weighted by Gasteiger charge is 2.28. The molecule has 2 aliphatic heterocycles. The summed E-state index contributed by atoms with van der Waals surface area (Å²) < 4.78 is 13.9. The Labute approximate surface area is 124 Å². The molecule has 0 bridgehead atoms. The molecule has 2 aliphatic rings. The van der Waals surface area contributed by atoms with Gasteiger partial charge in [0.25, 0.3) is 5.91 Å². The van der Waals surface area contributed by atoms with Crippen LogP contribution in [0.25, 0.3) is 0 Å². The molecule has 4 nitrogen and oxygen atoms in total. The number of amides is 1. The van der Waals surface area contributed by atoms with Gasteiger partial charge in [-0.2, -0.15) is 0 Å². The normalized spacial score (nSPS) is 23.5. The van der Waals surface area contributed by atoms with Crippen LogP contribution < -0.4 is 5.32 Å². The predicted octanol–water partition coefficient (Wildman–Crippen LogP) is 1.25. The van der Waals surface area contributed by atoms with Gasteiger partial charge in [-0.1, -0.05) is 6.07 Å². The zero-order valence-corrected chi connectivity index (χ0v) is 12.4. The van der Waals surface area contributed by atoms with Gasteiger partial charge in [-0.05, 0) is 37.6 Å². The number of rotatable bonds is 2. The summed E-state index contributed by atoms with van der Waals surface area (Å²) in [6.07, 6.45) is 1.18. The third-order valence-corrected chi connectivity index (χ3v) is 4.51. The SMILES string of the molecule is Cc1ccc(C(=O)N2CCN(C3CCNC3)CC2)c(F)c1. The average molecular weight is 291 g/mol. The molecule has 0 aliphatic carbocycles. The molecule has 5 heteroatoms. The highest BCUT2D eigenvalue weighted by atomic mass is 19.1. The second-order valence-corrected chi connectivity index (χ2v) is 5.96. The molecule has 1 atom stereocenters. The summed E-state index contributed by atoms with van der Waals surface area (Å²) in [6, 6.07) is 5.41. The number of piperazine rings is 1. The van der Waals surface area contributed by atoms with Gasteiger partial charge in [0, 0.05) is 38.8 Å². The molecule has 1 unspecified atom stereocenters. The number of carbonyl (C=O) groups is 1. The Hall–Kier alpha value is -1.46. The maximum Gasteiger partial charge on any atom is 0.256 e. The number of aryl methyl sites for hydroxylation is 1. The monoisotopic (exact) mass is 291 g/mol. The Morgan fingerprint density at radius 1 is 1.29 bits per heavy atom. The first-order chi connectivity index (χ1) is 10.1. The minimum absolute atomic E-state index is 0.184. The van der Waals surface area contributed by atoms with E-state index >= 15 is 0 Å². The van der Waals surface area contributed by atoms with Gasteiger partial charge in [-0.3, -0.25) is 9.69 Å². The van der Waals surface area contributed by atoms with Crippen LogP contribution in [0.4, 0.5) is 4.39 Å². The van der Waals surface area contributed by atoms with Gasteiger partial charge in [-0.25, -0.2) is 4.39 Å². The fraction of sp³-hybridized carbons (Fsp3) is 0.562. The van der Waals surface area contributed by atoms with Crippen LogP contribution in [0.1, 0.15) is 22.3 Å². The Morgan fingerprint density at radius 3 is 2.67 bits per heavy atom. The third kappa shape index (κ3) is 3.09. The van der Waals surface area contributed by atoms with Gasteiger partial charge >= 0.3 is 0 Å². The Bertz CT molecular complexity index is 520. The van der Waals surface area contributed by atoms with E-state index in [2.05, 4.69) is 10.2 Å². The van der Waals surface area contributed by atoms with E-state index in [1.54, 1.807) is 17.0 Å². The van der Waals surface area contributed by atoms with Crippen molar-refractivity contribution in [2.75, 3.05) is 39.3 Å². The highest BCUT2D eigenvalue weighted by Crippen LogP contribution is 2.16. The molecular formula is C16H22FN3O. The largest absolute Gasteiger partial charge is 0.336 e. The molecule has 1 N–H and O–H groups in total. The first-order valence-corrected chi connectivity index (χ1v) is 7.65. The Kier molecular flexibility index (Phi) is 4.22. The summed E-state index contributed by atoms with van der Waals surface area (Å²) >= 11 is 0. The second kappa shape index (κ2) is 6.12. The molecule has 0 aromatic heterocycles. The van der Waals surface area contributed by atoms with Crippen molar-refractivity contribution in [3.8, 4) is 0 Å². The molecule has 1 aromatic rings. The van der Waals surface area contributed by atoms with Crippen LogP contribution in [0, 0.1) is 12.7 Å². The van der Waals surface area contributed by atoms with Crippen molar-refractivity contribution >= 4 is 5.91 Å². The molecule has 0 radical (unpaired) electrons. The number of halogens is 1. The topological polar surface area (TPSA) is 35.6 Å². The molecule has 114 valence electrons. The molecular weight excluding hydrogens is 269 g/mol. The number of hydrogen-bond donors (Lipinski definition) is 1. The van der Waals surface area contributed by atoms with E-state index in [1.165, 1.54) is 12.5 Å². The van der Waals surface area contributed by atoms with Crippen molar-refractivity contribution < 1.29 is 9.18 Å². The predicted molar refractivity (Wildman–Crippen MR) is 79.9 cm³/mol. The molecule has 2 saturated heterocycles. The quantitative estimate of drug-likeness (QED) is 0.891. The van der Waals surface area contributed by atoms with Gasteiger partial charge in [-0.15, -0.1) is 0 Å². The van der Waals surface area contributed by atoms with E-state index < -0.39 is 5.82 Å². The van der Waals surface area contributed by atoms with Crippen molar-refractivity contribution in [1.82, 2.24) is 15.1 Å². The molecule has 1 aromatic carbocycles. The van der Waals surface area contributed by atoms with E-state index in [1.807, 2.05) is 6.92 Å². The first kappa shape index (κ1) is 14.5. The lowest BCUT2D eigenvalue weighted by molar-refractivity contribution is 0.0579. The lowest BCUT2D eigenvalue weighted by Gasteiger charge is -2.37. The summed E-state index contributed by atoms with van der Waals surface area (Å²) in [5.41, 5.74) is 1.03. The Morgan fingerprint density at radius 2 is 2.05 bits per heavy atom. The zero-order chi connectivity index (χ0) is 14.8. The standard InChI is InChI=1S/C16H22FN3O/c1-12-2-3-14(15(17)10-12)16(21)20-8-6-19(7-9-20)13-4-5-18-11-13/h2-3,10,13,18H,4-9,11H2,1H3. The first-order valence-electron chi connectivity index (χ1n) is 7.65. The van der Waals surface area contributed by atoms with Crippen LogP contribution in [-0.2, 0) is 0 Å². The van der Waals surface area contributed by atoms with Crippen LogP contribution >= 0.6 is 0 Å². The lowest BCUT2D eigenvalue weighted by atomic mass is 10.1. The van der Waals surface area contributed by atoms with Crippen LogP contribution in [0.3, 0.4) is 0 Å². The fourth-order valence-corrected chi connectivity index (χ4v) is 3.21. The maximum absolute atomic E-state index is 13.9. The average Bonchev–Trinajstić information content (AvgIpc) is 3.01. The van der Waals surface area contributed by atoms with Crippen molar-refractivity contribution in [2.45, 2.75) is 19.4 Å². The fourth-order valence-electron chi connectivity index (χ4n) is 3.21. The van der Waals surface area contributed by atoms with Gasteiger partial charge < -0.3 is 10.2 Å². The molecule has 0 spiro atoms. The number of nitrogens with zero attached hydrogens (tertiary/aromatic N) is 2. The number of nitrogens with one attached hydrogen (secondary N) is 1. The second-order valence-electron chi connectivity index (χ2n) is 5.96. The van der Waals surface area contributed by atoms with Crippen molar-refractivity contribution in [3.63, 3.8) is 0 Å². The third-order valence-electron chi connectivity index (χ3n) is 4.51. The number of carbonyl (C=O) groups excluding carboxylic acids is 1. The molecule has 2 fully saturated rings. The minimum Gasteiger partial charge on any atom is -0.336 e. The van der Waals surface area contributed by atoms with Gasteiger partial charge in [0.15, 0.2) is 0 Å². The smallest absolute Gasteiger partial charge is 0.256 e. The van der Waals surface area contributed by atoms with Crippen molar-refractivity contribution in [2.24, 2.45) is 0 Å². The highest BCUT2D eigenvalue weighted by molar-refractivity contribution is 5.94. The van der Waals surface area contributed by atoms with Crippen molar-refractivity contribution in [1.29, 1.82) is 0 Å². The molecule has 21 heavy (non-hydrogen) atoms. The number of benzene rings is 1. The van der Waals surface area contributed by atoms with Gasteiger partial charge in [0.05, 0.1) is 5.56 Å². The molecule has 1 amide bonds. The summed E-state index contributed by atoms with van der Waals surface area (Å²) in [7, 11) is 0. The number of hydrogen-bond acceptors (Lipinski definition) is 3. The lowest BCUT2D eigenvalue weighted by Crippen LogP contribution is -2.52. The maximum atomic E-state index is 13.9.